The van der Waals surface area contributed by atoms with Crippen LogP contribution < -0.4 is 10.1 Å². The molecule has 41 heavy (non-hydrogen) atoms. The van der Waals surface area contributed by atoms with E-state index in [0.717, 1.165) is 5.56 Å². The number of carbonyl (C=O) groups is 3. The van der Waals surface area contributed by atoms with Gasteiger partial charge in [-0.25, -0.2) is 9.78 Å². The maximum atomic E-state index is 12.8. The van der Waals surface area contributed by atoms with Crippen LogP contribution in [-0.2, 0) is 4.79 Å². The maximum absolute atomic E-state index is 12.8. The molecule has 1 fully saturated rings. The first-order valence-electron chi connectivity index (χ1n) is 12.8. The number of ether oxygens (including phenoxy) is 1. The van der Waals surface area contributed by atoms with Crippen LogP contribution in [0.1, 0.15) is 30.1 Å². The van der Waals surface area contributed by atoms with Crippen LogP contribution in [0.3, 0.4) is 0 Å². The van der Waals surface area contributed by atoms with E-state index in [1.54, 1.807) is 60.4 Å². The molecular weight excluding hydrogens is 585 g/mol. The number of rotatable bonds is 6. The number of benzene rings is 3. The first-order valence-corrected chi connectivity index (χ1v) is 14.4. The summed E-state index contributed by atoms with van der Waals surface area (Å²) in [7, 11) is 0. The summed E-state index contributed by atoms with van der Waals surface area (Å²) in [6.07, 6.45) is -0.0230. The van der Waals surface area contributed by atoms with E-state index >= 15 is 0 Å². The van der Waals surface area contributed by atoms with E-state index in [9.17, 15) is 19.5 Å². The topological polar surface area (TPSA) is 109 Å². The molecule has 0 radical (unpaired) electrons. The predicted octanol–water partition coefficient (Wildman–Crippen LogP) is 7.25. The number of nitrogens with one attached hydrogen (secondary N) is 1. The molecule has 0 atom stereocenters. The van der Waals surface area contributed by atoms with Crippen LogP contribution in [0.4, 0.5) is 4.79 Å². The Labute approximate surface area is 250 Å². The zero-order valence-electron chi connectivity index (χ0n) is 21.9. The molecule has 2 N–H and O–H groups in total. The maximum Gasteiger partial charge on any atom is 0.511 e. The Morgan fingerprint density at radius 1 is 0.951 bits per heavy atom. The van der Waals surface area contributed by atoms with Crippen molar-refractivity contribution < 1.29 is 24.2 Å². The molecule has 11 heteroatoms. The highest BCUT2D eigenvalue weighted by molar-refractivity contribution is 7.13. The van der Waals surface area contributed by atoms with Crippen LogP contribution >= 0.6 is 34.5 Å². The third-order valence-electron chi connectivity index (χ3n) is 6.88. The minimum atomic E-state index is -1.44. The molecule has 1 aliphatic heterocycles. The Bertz CT molecular complexity index is 1610. The standard InChI is InChI=1S/C30H25Cl2N3O5S/c1-17(36)35-12-10-22(11-13-35)33-28(37)19-4-2-18(3-5-19)23-8-6-21(15-27(23)40-30(38)39)29-34-26(16-41-29)20-7-9-24(31)25(32)14-20/h2-9,14-16,22H,10-13H2,1H3,(H,33,37)(H,38,39). The molecule has 0 spiro atoms. The molecule has 5 rings (SSSR count). The fourth-order valence-corrected chi connectivity index (χ4v) is 5.80. The van der Waals surface area contributed by atoms with Crippen molar-refractivity contribution >= 4 is 52.5 Å². The summed E-state index contributed by atoms with van der Waals surface area (Å²) in [6, 6.07) is 17.4. The van der Waals surface area contributed by atoms with E-state index in [1.807, 2.05) is 17.5 Å². The summed E-state index contributed by atoms with van der Waals surface area (Å²) in [6.45, 7) is 2.80. The number of hydrogen-bond donors (Lipinski definition) is 2. The number of aromatic nitrogens is 1. The van der Waals surface area contributed by atoms with Crippen molar-refractivity contribution in [1.82, 2.24) is 15.2 Å². The molecule has 1 saturated heterocycles. The number of carboxylic acid groups (broad SMARTS) is 1. The fourth-order valence-electron chi connectivity index (χ4n) is 4.68. The van der Waals surface area contributed by atoms with E-state index in [2.05, 4.69) is 10.3 Å². The van der Waals surface area contributed by atoms with Crippen molar-refractivity contribution in [3.63, 3.8) is 0 Å². The van der Waals surface area contributed by atoms with Crippen molar-refractivity contribution in [2.45, 2.75) is 25.8 Å². The molecule has 0 bridgehead atoms. The van der Waals surface area contributed by atoms with Gasteiger partial charge in [-0.2, -0.15) is 0 Å². The van der Waals surface area contributed by atoms with Crippen LogP contribution in [0, 0.1) is 0 Å². The number of piperidine rings is 1. The fraction of sp³-hybridized carbons (Fsp3) is 0.200. The number of thiazole rings is 1. The molecule has 2 amide bonds. The number of hydrogen-bond acceptors (Lipinski definition) is 6. The normalized spacial score (nSPS) is 13.6. The van der Waals surface area contributed by atoms with Crippen molar-refractivity contribution in [1.29, 1.82) is 0 Å². The highest BCUT2D eigenvalue weighted by Crippen LogP contribution is 2.37. The Hall–Kier alpha value is -3.92. The second-order valence-electron chi connectivity index (χ2n) is 9.58. The van der Waals surface area contributed by atoms with Gasteiger partial charge in [0, 0.05) is 53.7 Å². The number of halogens is 2. The van der Waals surface area contributed by atoms with Gasteiger partial charge in [-0.3, -0.25) is 9.59 Å². The smallest absolute Gasteiger partial charge is 0.449 e. The highest BCUT2D eigenvalue weighted by Gasteiger charge is 2.22. The van der Waals surface area contributed by atoms with Crippen LogP contribution in [0.5, 0.6) is 5.75 Å². The number of likely N-dealkylation sites (tertiary alicyclic amines) is 1. The zero-order chi connectivity index (χ0) is 29.1. The third-order valence-corrected chi connectivity index (χ3v) is 8.51. The summed E-state index contributed by atoms with van der Waals surface area (Å²) in [5.74, 6) is -0.00297. The SMILES string of the molecule is CC(=O)N1CCC(NC(=O)c2ccc(-c3ccc(-c4nc(-c5ccc(Cl)c(Cl)c5)cs4)cc3OC(=O)O)cc2)CC1. The van der Waals surface area contributed by atoms with Crippen LogP contribution in [0.15, 0.2) is 66.0 Å². The van der Waals surface area contributed by atoms with Gasteiger partial charge >= 0.3 is 6.16 Å². The average Bonchev–Trinajstić information content (AvgIpc) is 3.45. The number of nitrogens with zero attached hydrogens (tertiary/aromatic N) is 2. The predicted molar refractivity (Wildman–Crippen MR) is 160 cm³/mol. The van der Waals surface area contributed by atoms with Gasteiger partial charge in [0.05, 0.1) is 15.7 Å². The number of carbonyl (C=O) groups excluding carboxylic acids is 2. The number of amides is 2. The lowest BCUT2D eigenvalue weighted by Gasteiger charge is -2.31. The Morgan fingerprint density at radius 3 is 2.29 bits per heavy atom. The van der Waals surface area contributed by atoms with Gasteiger partial charge < -0.3 is 20.1 Å². The molecular formula is C30H25Cl2N3O5S. The van der Waals surface area contributed by atoms with Gasteiger partial charge in [-0.05, 0) is 54.8 Å². The Morgan fingerprint density at radius 2 is 1.63 bits per heavy atom. The Kier molecular flexibility index (Phi) is 8.58. The monoisotopic (exact) mass is 609 g/mol. The minimum Gasteiger partial charge on any atom is -0.449 e. The van der Waals surface area contributed by atoms with Crippen molar-refractivity contribution in [3.8, 4) is 38.7 Å². The molecule has 210 valence electrons. The van der Waals surface area contributed by atoms with Crippen LogP contribution in [0.25, 0.3) is 33.0 Å². The summed E-state index contributed by atoms with van der Waals surface area (Å²) in [5.41, 5.74) is 3.94. The second kappa shape index (κ2) is 12.3. The molecule has 8 nitrogen and oxygen atoms in total. The summed E-state index contributed by atoms with van der Waals surface area (Å²) in [4.78, 5) is 42.3. The third kappa shape index (κ3) is 6.70. The van der Waals surface area contributed by atoms with Crippen LogP contribution in [-0.4, -0.2) is 52.1 Å². The van der Waals surface area contributed by atoms with Gasteiger partial charge in [0.15, 0.2) is 0 Å². The van der Waals surface area contributed by atoms with E-state index < -0.39 is 6.16 Å². The van der Waals surface area contributed by atoms with Crippen LogP contribution in [0.2, 0.25) is 10.0 Å². The second-order valence-corrected chi connectivity index (χ2v) is 11.2. The van der Waals surface area contributed by atoms with Gasteiger partial charge in [-0.15, -0.1) is 11.3 Å². The molecule has 4 aromatic rings. The van der Waals surface area contributed by atoms with Gasteiger partial charge in [-0.1, -0.05) is 47.5 Å². The lowest BCUT2D eigenvalue weighted by Crippen LogP contribution is -2.45. The molecule has 0 aliphatic carbocycles. The van der Waals surface area contributed by atoms with Gasteiger partial charge in [0.25, 0.3) is 5.91 Å². The van der Waals surface area contributed by atoms with Crippen molar-refractivity contribution in [2.75, 3.05) is 13.1 Å². The molecule has 1 aromatic heterocycles. The van der Waals surface area contributed by atoms with E-state index in [0.29, 0.717) is 68.9 Å². The lowest BCUT2D eigenvalue weighted by molar-refractivity contribution is -0.129. The zero-order valence-corrected chi connectivity index (χ0v) is 24.2. The van der Waals surface area contributed by atoms with E-state index in [1.165, 1.54) is 11.3 Å². The van der Waals surface area contributed by atoms with E-state index in [4.69, 9.17) is 27.9 Å². The lowest BCUT2D eigenvalue weighted by atomic mass is 10.0. The molecule has 3 aromatic carbocycles. The Balaban J connectivity index is 1.34. The largest absolute Gasteiger partial charge is 0.511 e. The first kappa shape index (κ1) is 28.6. The molecule has 0 saturated carbocycles. The average molecular weight is 611 g/mol. The first-order chi connectivity index (χ1) is 19.7. The summed E-state index contributed by atoms with van der Waals surface area (Å²) >= 11 is 13.6. The summed E-state index contributed by atoms with van der Waals surface area (Å²) in [5, 5.41) is 15.9. The van der Waals surface area contributed by atoms with Crippen molar-refractivity contribution in [2.24, 2.45) is 0 Å². The van der Waals surface area contributed by atoms with Gasteiger partial charge in [0.1, 0.15) is 10.8 Å². The highest BCUT2D eigenvalue weighted by atomic mass is 35.5. The van der Waals surface area contributed by atoms with E-state index in [-0.39, 0.29) is 23.6 Å². The minimum absolute atomic E-state index is 0.00365. The molecule has 2 heterocycles. The molecule has 0 unspecified atom stereocenters. The molecule has 1 aliphatic rings. The van der Waals surface area contributed by atoms with Gasteiger partial charge in [0.2, 0.25) is 5.91 Å². The van der Waals surface area contributed by atoms with Crippen molar-refractivity contribution in [3.05, 3.63) is 81.7 Å². The summed E-state index contributed by atoms with van der Waals surface area (Å²) < 4.78 is 5.14. The quantitative estimate of drug-likeness (QED) is 0.176.